The first-order valence-corrected chi connectivity index (χ1v) is 14.9. The van der Waals surface area contributed by atoms with Gasteiger partial charge in [0.05, 0.1) is 27.2 Å². The molecule has 6 rings (SSSR count). The number of thiophene rings is 1. The number of nitrogens with one attached hydrogen (secondary N) is 2. The summed E-state index contributed by atoms with van der Waals surface area (Å²) >= 11 is 6.74. The van der Waals surface area contributed by atoms with E-state index >= 15 is 4.39 Å². The Kier molecular flexibility index (Phi) is 8.45. The highest BCUT2D eigenvalue weighted by Gasteiger charge is 2.16. The first-order chi connectivity index (χ1) is 20.5. The molecule has 5 aromatic rings. The van der Waals surface area contributed by atoms with Gasteiger partial charge in [0.1, 0.15) is 5.75 Å². The fourth-order valence-electron chi connectivity index (χ4n) is 4.88. The van der Waals surface area contributed by atoms with E-state index in [0.717, 1.165) is 46.0 Å². The number of pyridine rings is 2. The summed E-state index contributed by atoms with van der Waals surface area (Å²) in [4.78, 5) is 24.9. The second-order valence-corrected chi connectivity index (χ2v) is 11.5. The molecule has 3 aromatic heterocycles. The highest BCUT2D eigenvalue weighted by Crippen LogP contribution is 2.39. The standard InChI is InChI=1S/C32H28FN5O2S2/c33-24-17-23(36-32(41)37-30(39)16-21-6-2-1-3-7-21)9-11-27(24)40-28-12-13-34-26-18-29(42-31(26)28)25-10-8-22(19-35-25)20-38-14-4-5-15-38/h1-3,6-13,17-19H,4-5,14-16,20H2,(H2,36,37,39,41). The highest BCUT2D eigenvalue weighted by atomic mass is 32.1. The van der Waals surface area contributed by atoms with Gasteiger partial charge in [-0.1, -0.05) is 36.4 Å². The second-order valence-electron chi connectivity index (χ2n) is 10.1. The van der Waals surface area contributed by atoms with E-state index in [0.29, 0.717) is 11.4 Å². The Morgan fingerprint density at radius 1 is 0.976 bits per heavy atom. The van der Waals surface area contributed by atoms with Crippen molar-refractivity contribution in [3.8, 4) is 22.1 Å². The maximum atomic E-state index is 15.1. The Hall–Kier alpha value is -4.25. The van der Waals surface area contributed by atoms with E-state index in [9.17, 15) is 4.79 Å². The van der Waals surface area contributed by atoms with Gasteiger partial charge in [0, 0.05) is 36.8 Å². The molecule has 0 saturated carbocycles. The molecule has 1 fully saturated rings. The van der Waals surface area contributed by atoms with Crippen LogP contribution in [0.1, 0.15) is 24.0 Å². The minimum atomic E-state index is -0.574. The minimum Gasteiger partial charge on any atom is -0.453 e. The summed E-state index contributed by atoms with van der Waals surface area (Å²) in [6, 6.07) is 21.6. The molecular formula is C32H28FN5O2S2. The molecule has 0 aliphatic carbocycles. The van der Waals surface area contributed by atoms with Crippen LogP contribution in [-0.4, -0.2) is 39.0 Å². The van der Waals surface area contributed by atoms with Gasteiger partial charge in [-0.2, -0.15) is 0 Å². The number of hydrogen-bond donors (Lipinski definition) is 2. The number of halogens is 1. The van der Waals surface area contributed by atoms with Gasteiger partial charge in [-0.15, -0.1) is 11.3 Å². The summed E-state index contributed by atoms with van der Waals surface area (Å²) in [6.45, 7) is 3.22. The molecule has 42 heavy (non-hydrogen) atoms. The Balaban J connectivity index is 1.11. The van der Waals surface area contributed by atoms with Crippen LogP contribution in [0.2, 0.25) is 0 Å². The molecule has 1 aliphatic rings. The van der Waals surface area contributed by atoms with Gasteiger partial charge in [-0.05, 0) is 73.5 Å². The minimum absolute atomic E-state index is 0.0615. The number of nitrogens with zero attached hydrogens (tertiary/aromatic N) is 3. The van der Waals surface area contributed by atoms with Gasteiger partial charge in [0.15, 0.2) is 16.7 Å². The maximum absolute atomic E-state index is 15.1. The van der Waals surface area contributed by atoms with Crippen LogP contribution in [0.5, 0.6) is 11.5 Å². The molecule has 10 heteroatoms. The zero-order valence-corrected chi connectivity index (χ0v) is 24.3. The van der Waals surface area contributed by atoms with Crippen LogP contribution in [0, 0.1) is 5.82 Å². The number of benzene rings is 2. The number of ether oxygens (including phenoxy) is 1. The van der Waals surface area contributed by atoms with Crippen LogP contribution in [0.4, 0.5) is 10.1 Å². The van der Waals surface area contributed by atoms with Crippen molar-refractivity contribution in [1.82, 2.24) is 20.2 Å². The normalized spacial score (nSPS) is 13.3. The number of carbonyl (C=O) groups excluding carboxylic acids is 1. The number of amides is 1. The Morgan fingerprint density at radius 3 is 2.57 bits per heavy atom. The van der Waals surface area contributed by atoms with Gasteiger partial charge in [-0.3, -0.25) is 19.7 Å². The Bertz CT molecular complexity index is 1720. The molecule has 0 bridgehead atoms. The number of rotatable bonds is 8. The summed E-state index contributed by atoms with van der Waals surface area (Å²) in [5, 5.41) is 5.56. The van der Waals surface area contributed by atoms with Crippen LogP contribution >= 0.6 is 23.6 Å². The number of thiocarbonyl (C=S) groups is 1. The van der Waals surface area contributed by atoms with E-state index in [1.54, 1.807) is 18.3 Å². The van der Waals surface area contributed by atoms with E-state index in [2.05, 4.69) is 26.6 Å². The molecule has 2 aromatic carbocycles. The number of likely N-dealkylation sites (tertiary alicyclic amines) is 1. The highest BCUT2D eigenvalue weighted by molar-refractivity contribution is 7.80. The van der Waals surface area contributed by atoms with Gasteiger partial charge in [-0.25, -0.2) is 4.39 Å². The third-order valence-corrected chi connectivity index (χ3v) is 8.29. The van der Waals surface area contributed by atoms with Crippen molar-refractivity contribution in [3.05, 3.63) is 102 Å². The number of fused-ring (bicyclic) bond motifs is 1. The lowest BCUT2D eigenvalue weighted by Crippen LogP contribution is -2.35. The van der Waals surface area contributed by atoms with Crippen LogP contribution in [-0.2, 0) is 17.8 Å². The second kappa shape index (κ2) is 12.7. The monoisotopic (exact) mass is 597 g/mol. The van der Waals surface area contributed by atoms with Gasteiger partial charge < -0.3 is 15.4 Å². The number of hydrogen-bond acceptors (Lipinski definition) is 7. The molecule has 0 radical (unpaired) electrons. The summed E-state index contributed by atoms with van der Waals surface area (Å²) in [5.41, 5.74) is 4.08. The predicted molar refractivity (Wildman–Crippen MR) is 168 cm³/mol. The van der Waals surface area contributed by atoms with Crippen LogP contribution < -0.4 is 15.4 Å². The molecule has 0 spiro atoms. The third kappa shape index (κ3) is 6.79. The van der Waals surface area contributed by atoms with Crippen molar-refractivity contribution in [2.75, 3.05) is 18.4 Å². The first-order valence-electron chi connectivity index (χ1n) is 13.7. The number of anilines is 1. The topological polar surface area (TPSA) is 79.4 Å². The lowest BCUT2D eigenvalue weighted by Gasteiger charge is -2.14. The smallest absolute Gasteiger partial charge is 0.230 e. The fraction of sp³-hybridized carbons (Fsp3) is 0.188. The lowest BCUT2D eigenvalue weighted by molar-refractivity contribution is -0.119. The molecule has 4 heterocycles. The average molecular weight is 598 g/mol. The summed E-state index contributed by atoms with van der Waals surface area (Å²) in [7, 11) is 0. The maximum Gasteiger partial charge on any atom is 0.230 e. The van der Waals surface area contributed by atoms with E-state index in [1.807, 2.05) is 48.7 Å². The van der Waals surface area contributed by atoms with E-state index in [4.69, 9.17) is 21.9 Å². The molecular weight excluding hydrogens is 570 g/mol. The summed E-state index contributed by atoms with van der Waals surface area (Å²) in [5.74, 6) is -0.267. The number of carbonyl (C=O) groups is 1. The van der Waals surface area contributed by atoms with Gasteiger partial charge >= 0.3 is 0 Å². The average Bonchev–Trinajstić information content (AvgIpc) is 3.66. The first kappa shape index (κ1) is 27.9. The summed E-state index contributed by atoms with van der Waals surface area (Å²) in [6.07, 6.45) is 6.30. The van der Waals surface area contributed by atoms with E-state index in [1.165, 1.54) is 41.9 Å². The van der Waals surface area contributed by atoms with Crippen molar-refractivity contribution >= 4 is 50.5 Å². The van der Waals surface area contributed by atoms with Crippen molar-refractivity contribution in [2.45, 2.75) is 25.8 Å². The molecule has 1 saturated heterocycles. The fourth-order valence-corrected chi connectivity index (χ4v) is 6.15. The van der Waals surface area contributed by atoms with Gasteiger partial charge in [0.25, 0.3) is 0 Å². The van der Waals surface area contributed by atoms with Crippen molar-refractivity contribution in [2.24, 2.45) is 0 Å². The van der Waals surface area contributed by atoms with E-state index in [-0.39, 0.29) is 23.2 Å². The number of aromatic nitrogens is 2. The van der Waals surface area contributed by atoms with Crippen molar-refractivity contribution in [3.63, 3.8) is 0 Å². The molecule has 0 unspecified atom stereocenters. The zero-order valence-electron chi connectivity index (χ0n) is 22.7. The summed E-state index contributed by atoms with van der Waals surface area (Å²) < 4.78 is 21.9. The molecule has 2 N–H and O–H groups in total. The van der Waals surface area contributed by atoms with E-state index < -0.39 is 5.82 Å². The van der Waals surface area contributed by atoms with Crippen LogP contribution in [0.3, 0.4) is 0 Å². The SMILES string of the molecule is O=C(Cc1ccccc1)NC(=S)Nc1ccc(Oc2ccnc3cc(-c4ccc(CN5CCCC5)cn4)sc23)c(F)c1. The van der Waals surface area contributed by atoms with Crippen molar-refractivity contribution in [1.29, 1.82) is 0 Å². The Labute approximate surface area is 252 Å². The predicted octanol–water partition coefficient (Wildman–Crippen LogP) is 6.94. The molecule has 7 nitrogen and oxygen atoms in total. The lowest BCUT2D eigenvalue weighted by atomic mass is 10.1. The third-order valence-electron chi connectivity index (χ3n) is 6.93. The van der Waals surface area contributed by atoms with Crippen molar-refractivity contribution < 1.29 is 13.9 Å². The largest absolute Gasteiger partial charge is 0.453 e. The quantitative estimate of drug-likeness (QED) is 0.188. The molecule has 212 valence electrons. The van der Waals surface area contributed by atoms with Crippen LogP contribution in [0.15, 0.2) is 85.2 Å². The van der Waals surface area contributed by atoms with Gasteiger partial charge in [0.2, 0.25) is 5.91 Å². The Morgan fingerprint density at radius 2 is 1.81 bits per heavy atom. The molecule has 1 amide bonds. The molecule has 0 atom stereocenters. The molecule has 1 aliphatic heterocycles. The zero-order chi connectivity index (χ0) is 28.9. The van der Waals surface area contributed by atoms with Crippen LogP contribution in [0.25, 0.3) is 20.8 Å².